The van der Waals surface area contributed by atoms with Crippen LogP contribution in [0.4, 0.5) is 13.2 Å². The molecule has 0 radical (unpaired) electrons. The predicted molar refractivity (Wildman–Crippen MR) is 121 cm³/mol. The number of ether oxygens (including phenoxy) is 1. The molecule has 6 nitrogen and oxygen atoms in total. The lowest BCUT2D eigenvalue weighted by molar-refractivity contribution is -0.616. The fraction of sp³-hybridized carbons (Fsp3) is 0.760. The summed E-state index contributed by atoms with van der Waals surface area (Å²) in [4.78, 5) is 15.5. The molecular weight excluding hydrogens is 447 g/mol. The zero-order valence-corrected chi connectivity index (χ0v) is 20.3. The molecule has 3 heterocycles. The molecule has 4 rings (SSSR count). The highest BCUT2D eigenvalue weighted by Gasteiger charge is 2.50. The molecule has 1 aromatic heterocycles. The van der Waals surface area contributed by atoms with E-state index in [1.54, 1.807) is 4.90 Å². The summed E-state index contributed by atoms with van der Waals surface area (Å²) in [7, 11) is 0. The first kappa shape index (κ1) is 25.2. The molecule has 0 aromatic carbocycles. The van der Waals surface area contributed by atoms with Crippen molar-refractivity contribution in [2.45, 2.75) is 84.1 Å². The van der Waals surface area contributed by atoms with Gasteiger partial charge in [-0.1, -0.05) is 20.8 Å². The first-order valence-corrected chi connectivity index (χ1v) is 12.5. The third-order valence-corrected chi connectivity index (χ3v) is 8.35. The zero-order chi connectivity index (χ0) is 24.7. The van der Waals surface area contributed by atoms with Crippen LogP contribution >= 0.6 is 0 Å². The smallest absolute Gasteiger partial charge is 0.422 e. The largest absolute Gasteiger partial charge is 0.618 e. The van der Waals surface area contributed by atoms with Crippen molar-refractivity contribution in [1.82, 2.24) is 10.2 Å². The van der Waals surface area contributed by atoms with Gasteiger partial charge in [-0.05, 0) is 50.0 Å². The third kappa shape index (κ3) is 4.78. The molecule has 1 aromatic rings. The Balaban J connectivity index is 1.50. The molecule has 34 heavy (non-hydrogen) atoms. The van der Waals surface area contributed by atoms with Crippen LogP contribution in [0.5, 0.6) is 0 Å². The molecule has 9 heteroatoms. The minimum atomic E-state index is -4.60. The van der Waals surface area contributed by atoms with Crippen LogP contribution in [-0.4, -0.2) is 42.6 Å². The van der Waals surface area contributed by atoms with Crippen LogP contribution < -0.4 is 10.0 Å². The number of fused-ring (bicyclic) bond motifs is 1. The number of alkyl halides is 3. The van der Waals surface area contributed by atoms with Gasteiger partial charge in [-0.15, -0.1) is 0 Å². The summed E-state index contributed by atoms with van der Waals surface area (Å²) in [5.74, 6) is 0.584. The molecule has 1 amide bonds. The lowest BCUT2D eigenvalue weighted by Gasteiger charge is -2.39. The van der Waals surface area contributed by atoms with Crippen molar-refractivity contribution in [2.75, 3.05) is 19.8 Å². The average molecular weight is 484 g/mol. The summed E-state index contributed by atoms with van der Waals surface area (Å²) in [6.45, 7) is 8.22. The van der Waals surface area contributed by atoms with Crippen LogP contribution in [0.3, 0.4) is 0 Å². The molecular formula is C25H36F3N3O3. The Morgan fingerprint density at radius 3 is 2.82 bits per heavy atom. The van der Waals surface area contributed by atoms with Crippen molar-refractivity contribution >= 4 is 5.91 Å². The van der Waals surface area contributed by atoms with Gasteiger partial charge in [0.1, 0.15) is 5.56 Å². The van der Waals surface area contributed by atoms with Crippen molar-refractivity contribution in [2.24, 2.45) is 17.3 Å². The van der Waals surface area contributed by atoms with Gasteiger partial charge in [0.2, 0.25) is 5.91 Å². The highest BCUT2D eigenvalue weighted by Crippen LogP contribution is 2.47. The van der Waals surface area contributed by atoms with E-state index < -0.39 is 17.2 Å². The summed E-state index contributed by atoms with van der Waals surface area (Å²) in [6, 6.07) is 1.65. The van der Waals surface area contributed by atoms with Gasteiger partial charge in [0.25, 0.3) is 0 Å². The number of halogens is 3. The average Bonchev–Trinajstić information content (AvgIpc) is 3.23. The standard InChI is InChI=1S/C25H36F3N3O3/c1-4-17-15-34-10-7-21(17)29-20-5-8-24(12-20,16(2)3)23(32)30-9-6-22-18(13-30)11-19(14-31(22)33)25(26,27)28/h11,14,16-17,20-21,29H,4-10,12-13,15H2,1-3H3/t17-,20-,21+,24+/m1/s1. The molecule has 190 valence electrons. The van der Waals surface area contributed by atoms with Crippen LogP contribution in [-0.2, 0) is 28.7 Å². The van der Waals surface area contributed by atoms with Crippen molar-refractivity contribution in [1.29, 1.82) is 0 Å². The number of carbonyl (C=O) groups excluding carboxylic acids is 1. The molecule has 2 aliphatic heterocycles. The van der Waals surface area contributed by atoms with E-state index >= 15 is 0 Å². The van der Waals surface area contributed by atoms with Gasteiger partial charge < -0.3 is 20.2 Å². The number of nitrogens with one attached hydrogen (secondary N) is 1. The Bertz CT molecular complexity index is 907. The number of rotatable bonds is 5. The van der Waals surface area contributed by atoms with Crippen LogP contribution in [0.2, 0.25) is 0 Å². The van der Waals surface area contributed by atoms with E-state index in [2.05, 4.69) is 26.1 Å². The van der Waals surface area contributed by atoms with Gasteiger partial charge in [0, 0.05) is 30.8 Å². The fourth-order valence-electron chi connectivity index (χ4n) is 6.14. The second-order valence-electron chi connectivity index (χ2n) is 10.6. The number of nitrogens with zero attached hydrogens (tertiary/aromatic N) is 2. The Morgan fingerprint density at radius 2 is 2.15 bits per heavy atom. The Kier molecular flexibility index (Phi) is 7.16. The number of aromatic nitrogens is 1. The van der Waals surface area contributed by atoms with E-state index in [-0.39, 0.29) is 30.8 Å². The molecule has 3 aliphatic rings. The van der Waals surface area contributed by atoms with Crippen LogP contribution in [0.25, 0.3) is 0 Å². The maximum Gasteiger partial charge on any atom is 0.422 e. The second-order valence-corrected chi connectivity index (χ2v) is 10.6. The number of amides is 1. The lowest BCUT2D eigenvalue weighted by Crippen LogP contribution is -2.51. The van der Waals surface area contributed by atoms with Gasteiger partial charge >= 0.3 is 6.18 Å². The highest BCUT2D eigenvalue weighted by molar-refractivity contribution is 5.83. The van der Waals surface area contributed by atoms with Gasteiger partial charge in [-0.3, -0.25) is 4.79 Å². The molecule has 4 atom stereocenters. The van der Waals surface area contributed by atoms with Gasteiger partial charge in [0.05, 0.1) is 25.0 Å². The van der Waals surface area contributed by atoms with Crippen molar-refractivity contribution in [3.8, 4) is 0 Å². The van der Waals surface area contributed by atoms with Gasteiger partial charge in [0.15, 0.2) is 11.9 Å². The van der Waals surface area contributed by atoms with Crippen molar-refractivity contribution < 1.29 is 27.4 Å². The minimum Gasteiger partial charge on any atom is -0.618 e. The van der Waals surface area contributed by atoms with E-state index in [9.17, 15) is 23.2 Å². The van der Waals surface area contributed by atoms with Crippen molar-refractivity contribution in [3.63, 3.8) is 0 Å². The third-order valence-electron chi connectivity index (χ3n) is 8.35. The van der Waals surface area contributed by atoms with Crippen LogP contribution in [0, 0.1) is 22.5 Å². The Labute approximate surface area is 199 Å². The van der Waals surface area contributed by atoms with Crippen LogP contribution in [0.1, 0.15) is 69.7 Å². The molecule has 1 aliphatic carbocycles. The maximum absolute atomic E-state index is 13.9. The number of hydrogen-bond acceptors (Lipinski definition) is 4. The lowest BCUT2D eigenvalue weighted by atomic mass is 9.74. The number of pyridine rings is 1. The summed E-state index contributed by atoms with van der Waals surface area (Å²) >= 11 is 0. The topological polar surface area (TPSA) is 68.5 Å². The minimum absolute atomic E-state index is 0.00586. The summed E-state index contributed by atoms with van der Waals surface area (Å²) in [5.41, 5.74) is -0.895. The van der Waals surface area contributed by atoms with E-state index in [1.165, 1.54) is 0 Å². The van der Waals surface area contributed by atoms with Crippen molar-refractivity contribution in [3.05, 3.63) is 34.3 Å². The highest BCUT2D eigenvalue weighted by atomic mass is 19.4. The van der Waals surface area contributed by atoms with E-state index in [0.29, 0.717) is 40.7 Å². The zero-order valence-electron chi connectivity index (χ0n) is 20.3. The maximum atomic E-state index is 13.9. The Morgan fingerprint density at radius 1 is 1.38 bits per heavy atom. The van der Waals surface area contributed by atoms with Crippen LogP contribution in [0.15, 0.2) is 12.3 Å². The number of carbonyl (C=O) groups is 1. The summed E-state index contributed by atoms with van der Waals surface area (Å²) in [6.07, 6.45) is 0.665. The SMILES string of the molecule is CC[C@@H]1COCC[C@@H]1N[C@@H]1CC[C@@](C(=O)N2CCc3c(cc(C(F)(F)F)c[n+]3[O-])C2)(C(C)C)C1. The molecule has 0 bridgehead atoms. The molecule has 1 saturated heterocycles. The van der Waals surface area contributed by atoms with E-state index in [0.717, 1.165) is 51.4 Å². The summed E-state index contributed by atoms with van der Waals surface area (Å²) < 4.78 is 45.7. The molecule has 0 unspecified atom stereocenters. The monoisotopic (exact) mass is 483 g/mol. The molecule has 1 N–H and O–H groups in total. The Hall–Kier alpha value is -1.87. The fourth-order valence-corrected chi connectivity index (χ4v) is 6.14. The summed E-state index contributed by atoms with van der Waals surface area (Å²) in [5, 5.41) is 16.0. The molecule has 1 saturated carbocycles. The van der Waals surface area contributed by atoms with Gasteiger partial charge in [-0.2, -0.15) is 17.9 Å². The van der Waals surface area contributed by atoms with E-state index in [1.807, 2.05) is 0 Å². The first-order chi connectivity index (χ1) is 16.0. The second kappa shape index (κ2) is 9.64. The normalized spacial score (nSPS) is 30.0. The molecule has 0 spiro atoms. The predicted octanol–water partition coefficient (Wildman–Crippen LogP) is 3.82. The molecule has 2 fully saturated rings. The quantitative estimate of drug-likeness (QED) is 0.511. The van der Waals surface area contributed by atoms with E-state index in [4.69, 9.17) is 4.74 Å². The number of hydrogen-bond donors (Lipinski definition) is 1. The van der Waals surface area contributed by atoms with Gasteiger partial charge in [-0.25, -0.2) is 0 Å². The first-order valence-electron chi connectivity index (χ1n) is 12.5.